The monoisotopic (exact) mass is 436 g/mol. The highest BCUT2D eigenvalue weighted by atomic mass is 19.4. The second-order valence-corrected chi connectivity index (χ2v) is 6.86. The van der Waals surface area contributed by atoms with Gasteiger partial charge >= 0.3 is 6.18 Å². The van der Waals surface area contributed by atoms with Gasteiger partial charge in [0.15, 0.2) is 5.69 Å². The lowest BCUT2D eigenvalue weighted by molar-refractivity contribution is -0.137. The van der Waals surface area contributed by atoms with Crippen LogP contribution in [0.1, 0.15) is 21.6 Å². The van der Waals surface area contributed by atoms with Crippen LogP contribution >= 0.6 is 0 Å². The minimum atomic E-state index is -4.62. The van der Waals surface area contributed by atoms with Crippen LogP contribution in [0.3, 0.4) is 0 Å². The van der Waals surface area contributed by atoms with Crippen molar-refractivity contribution in [1.82, 2.24) is 19.6 Å². The zero-order valence-corrected chi connectivity index (χ0v) is 16.6. The maximum atomic E-state index is 13.5. The fourth-order valence-electron chi connectivity index (χ4n) is 3.18. The van der Waals surface area contributed by atoms with Crippen molar-refractivity contribution >= 4 is 11.7 Å². The molecule has 0 bridgehead atoms. The van der Waals surface area contributed by atoms with E-state index in [-0.39, 0.29) is 28.3 Å². The summed E-state index contributed by atoms with van der Waals surface area (Å²) in [6.45, 7) is 0. The number of amides is 1. The Morgan fingerprint density at radius 2 is 1.81 bits per heavy atom. The highest BCUT2D eigenvalue weighted by molar-refractivity contribution is 6.04. The standard InChI is InChI=1S/C22H15F3N6O/c1-30-10-9-19(29-30)17-11-14(7-8-18(17)22(23,24)25)21(32)27-20-12-15(13-26)28-31(20)16-5-3-2-4-6-16/h2-12H,1H3,(H,27,32). The van der Waals surface area contributed by atoms with Gasteiger partial charge in [0, 0.05) is 30.4 Å². The third kappa shape index (κ3) is 4.09. The number of rotatable bonds is 4. The number of benzene rings is 2. The van der Waals surface area contributed by atoms with E-state index in [9.17, 15) is 23.2 Å². The van der Waals surface area contributed by atoms with Crippen LogP contribution < -0.4 is 5.32 Å². The first kappa shape index (κ1) is 20.9. The number of para-hydroxylation sites is 1. The van der Waals surface area contributed by atoms with Crippen LogP contribution in [0.2, 0.25) is 0 Å². The molecule has 0 saturated carbocycles. The van der Waals surface area contributed by atoms with E-state index in [1.807, 2.05) is 6.07 Å². The number of hydrogen-bond donors (Lipinski definition) is 1. The van der Waals surface area contributed by atoms with Gasteiger partial charge in [0.25, 0.3) is 5.91 Å². The minimum Gasteiger partial charge on any atom is -0.306 e. The Hall–Kier alpha value is -4.39. The van der Waals surface area contributed by atoms with Gasteiger partial charge in [-0.15, -0.1) is 0 Å². The molecule has 2 aromatic heterocycles. The quantitative estimate of drug-likeness (QED) is 0.513. The third-order valence-electron chi connectivity index (χ3n) is 4.64. The molecule has 0 radical (unpaired) electrons. The summed E-state index contributed by atoms with van der Waals surface area (Å²) < 4.78 is 43.3. The van der Waals surface area contributed by atoms with E-state index in [1.165, 1.54) is 27.7 Å². The fraction of sp³-hybridized carbons (Fsp3) is 0.0909. The molecule has 2 aromatic carbocycles. The molecule has 1 amide bonds. The predicted octanol–water partition coefficient (Wildman–Crippen LogP) is 4.42. The van der Waals surface area contributed by atoms with Crippen LogP contribution in [0, 0.1) is 11.3 Å². The number of anilines is 1. The molecule has 0 aliphatic rings. The van der Waals surface area contributed by atoms with Crippen LogP contribution in [0.4, 0.5) is 19.0 Å². The van der Waals surface area contributed by atoms with Crippen molar-refractivity contribution in [3.63, 3.8) is 0 Å². The molecule has 0 unspecified atom stereocenters. The van der Waals surface area contributed by atoms with Crippen LogP contribution in [0.25, 0.3) is 16.9 Å². The second-order valence-electron chi connectivity index (χ2n) is 6.86. The van der Waals surface area contributed by atoms with Crippen LogP contribution in [-0.2, 0) is 13.2 Å². The first-order valence-electron chi connectivity index (χ1n) is 9.34. The average Bonchev–Trinajstić information content (AvgIpc) is 3.39. The van der Waals surface area contributed by atoms with Gasteiger partial charge in [-0.3, -0.25) is 9.48 Å². The largest absolute Gasteiger partial charge is 0.417 e. The van der Waals surface area contributed by atoms with Crippen molar-refractivity contribution in [2.24, 2.45) is 7.05 Å². The van der Waals surface area contributed by atoms with E-state index in [1.54, 1.807) is 37.4 Å². The average molecular weight is 436 g/mol. The Kier molecular flexibility index (Phi) is 5.24. The summed E-state index contributed by atoms with van der Waals surface area (Å²) in [7, 11) is 1.59. The maximum Gasteiger partial charge on any atom is 0.417 e. The third-order valence-corrected chi connectivity index (χ3v) is 4.64. The Labute approximate surface area is 180 Å². The number of aryl methyl sites for hydroxylation is 1. The van der Waals surface area contributed by atoms with E-state index >= 15 is 0 Å². The molecule has 4 aromatic rings. The fourth-order valence-corrected chi connectivity index (χ4v) is 3.18. The molecule has 10 heteroatoms. The number of hydrogen-bond acceptors (Lipinski definition) is 4. The number of carbonyl (C=O) groups excluding carboxylic acids is 1. The van der Waals surface area contributed by atoms with Gasteiger partial charge in [-0.05, 0) is 36.4 Å². The normalized spacial score (nSPS) is 11.2. The summed E-state index contributed by atoms with van der Waals surface area (Å²) in [5, 5.41) is 20.0. The molecule has 4 rings (SSSR count). The first-order chi connectivity index (χ1) is 15.3. The van der Waals surface area contributed by atoms with Gasteiger partial charge in [0.2, 0.25) is 0 Å². The molecule has 0 spiro atoms. The second kappa shape index (κ2) is 8.03. The van der Waals surface area contributed by atoms with E-state index < -0.39 is 17.6 Å². The number of carbonyl (C=O) groups is 1. The zero-order chi connectivity index (χ0) is 22.9. The highest BCUT2D eigenvalue weighted by Gasteiger charge is 2.34. The van der Waals surface area contributed by atoms with Crippen LogP contribution in [0.15, 0.2) is 66.9 Å². The van der Waals surface area contributed by atoms with Crippen molar-refractivity contribution in [2.75, 3.05) is 5.32 Å². The summed E-state index contributed by atoms with van der Waals surface area (Å²) in [6, 6.07) is 16.6. The highest BCUT2D eigenvalue weighted by Crippen LogP contribution is 2.37. The number of halogens is 3. The molecule has 0 atom stereocenters. The van der Waals surface area contributed by atoms with Gasteiger partial charge in [0.1, 0.15) is 11.9 Å². The van der Waals surface area contributed by atoms with Gasteiger partial charge in [-0.1, -0.05) is 18.2 Å². The molecular weight excluding hydrogens is 421 g/mol. The van der Waals surface area contributed by atoms with E-state index in [4.69, 9.17) is 0 Å². The van der Waals surface area contributed by atoms with E-state index in [0.29, 0.717) is 5.69 Å². The maximum absolute atomic E-state index is 13.5. The lowest BCUT2D eigenvalue weighted by Crippen LogP contribution is -2.16. The van der Waals surface area contributed by atoms with Crippen molar-refractivity contribution in [3.05, 3.63) is 83.7 Å². The molecule has 2 heterocycles. The van der Waals surface area contributed by atoms with Crippen molar-refractivity contribution in [1.29, 1.82) is 5.26 Å². The molecule has 160 valence electrons. The van der Waals surface area contributed by atoms with Crippen molar-refractivity contribution in [2.45, 2.75) is 6.18 Å². The Bertz CT molecular complexity index is 1330. The van der Waals surface area contributed by atoms with Crippen LogP contribution in [0.5, 0.6) is 0 Å². The number of aromatic nitrogens is 4. The molecule has 0 aliphatic carbocycles. The zero-order valence-electron chi connectivity index (χ0n) is 16.6. The predicted molar refractivity (Wildman–Crippen MR) is 110 cm³/mol. The Morgan fingerprint density at radius 3 is 2.44 bits per heavy atom. The topological polar surface area (TPSA) is 88.5 Å². The Balaban J connectivity index is 1.72. The summed E-state index contributed by atoms with van der Waals surface area (Å²) in [6.07, 6.45) is -3.10. The van der Waals surface area contributed by atoms with Crippen LogP contribution in [-0.4, -0.2) is 25.5 Å². The minimum absolute atomic E-state index is 0.00188. The van der Waals surface area contributed by atoms with E-state index in [2.05, 4.69) is 15.5 Å². The lowest BCUT2D eigenvalue weighted by atomic mass is 10.0. The molecule has 0 fully saturated rings. The summed E-state index contributed by atoms with van der Waals surface area (Å²) >= 11 is 0. The van der Waals surface area contributed by atoms with Gasteiger partial charge in [-0.2, -0.15) is 28.6 Å². The summed E-state index contributed by atoms with van der Waals surface area (Å²) in [4.78, 5) is 12.9. The smallest absolute Gasteiger partial charge is 0.306 e. The first-order valence-corrected chi connectivity index (χ1v) is 9.34. The summed E-state index contributed by atoms with van der Waals surface area (Å²) in [5.74, 6) is -0.450. The SMILES string of the molecule is Cn1ccc(-c2cc(C(=O)Nc3cc(C#N)nn3-c3ccccc3)ccc2C(F)(F)F)n1. The lowest BCUT2D eigenvalue weighted by Gasteiger charge is -2.14. The molecule has 32 heavy (non-hydrogen) atoms. The molecule has 1 N–H and O–H groups in total. The number of nitriles is 1. The number of nitrogens with one attached hydrogen (secondary N) is 1. The number of alkyl halides is 3. The van der Waals surface area contributed by atoms with E-state index in [0.717, 1.165) is 18.2 Å². The van der Waals surface area contributed by atoms with Gasteiger partial charge in [0.05, 0.1) is 16.9 Å². The molecule has 0 saturated heterocycles. The molecule has 7 nitrogen and oxygen atoms in total. The van der Waals surface area contributed by atoms with Gasteiger partial charge < -0.3 is 5.32 Å². The van der Waals surface area contributed by atoms with Gasteiger partial charge in [-0.25, -0.2) is 4.68 Å². The number of nitrogens with zero attached hydrogens (tertiary/aromatic N) is 5. The molecule has 0 aliphatic heterocycles. The van der Waals surface area contributed by atoms with Crippen molar-refractivity contribution in [3.8, 4) is 23.0 Å². The Morgan fingerprint density at radius 1 is 1.06 bits per heavy atom. The summed E-state index contributed by atoms with van der Waals surface area (Å²) in [5.41, 5.74) is -0.334. The molecular formula is C22H15F3N6O. The van der Waals surface area contributed by atoms with Crippen molar-refractivity contribution < 1.29 is 18.0 Å².